The molecule has 0 aliphatic carbocycles. The van der Waals surface area contributed by atoms with Crippen molar-refractivity contribution in [2.45, 2.75) is 33.0 Å². The molecule has 0 saturated carbocycles. The van der Waals surface area contributed by atoms with E-state index in [9.17, 15) is 4.79 Å². The van der Waals surface area contributed by atoms with E-state index in [1.54, 1.807) is 0 Å². The van der Waals surface area contributed by atoms with Gasteiger partial charge < -0.3 is 10.6 Å². The fraction of sp³-hybridized carbons (Fsp3) is 0.417. The fourth-order valence-electron chi connectivity index (χ4n) is 1.78. The van der Waals surface area contributed by atoms with Gasteiger partial charge in [0.25, 0.3) is 5.91 Å². The van der Waals surface area contributed by atoms with Gasteiger partial charge >= 0.3 is 0 Å². The molecular weight excluding hydrogens is 224 g/mol. The number of nitrogens with one attached hydrogen (secondary N) is 2. The molecule has 88 valence electrons. The Bertz CT molecular complexity index is 391. The highest BCUT2D eigenvalue weighted by molar-refractivity contribution is 5.94. The Morgan fingerprint density at radius 1 is 1.31 bits per heavy atom. The van der Waals surface area contributed by atoms with Crippen LogP contribution in [-0.2, 0) is 13.1 Å². The third-order valence-electron chi connectivity index (χ3n) is 2.52. The zero-order valence-electron chi connectivity index (χ0n) is 9.54. The van der Waals surface area contributed by atoms with Gasteiger partial charge in [-0.3, -0.25) is 4.79 Å². The lowest BCUT2D eigenvalue weighted by molar-refractivity contribution is 0.0943. The van der Waals surface area contributed by atoms with E-state index in [2.05, 4.69) is 10.6 Å². The lowest BCUT2D eigenvalue weighted by Gasteiger charge is -2.09. The summed E-state index contributed by atoms with van der Waals surface area (Å²) >= 11 is 0. The van der Waals surface area contributed by atoms with E-state index in [1.165, 1.54) is 11.1 Å². The molecule has 4 heteroatoms. The summed E-state index contributed by atoms with van der Waals surface area (Å²) in [5.41, 5.74) is 3.30. The number of hydrogen-bond acceptors (Lipinski definition) is 2. The van der Waals surface area contributed by atoms with Gasteiger partial charge in [-0.1, -0.05) is 6.07 Å². The molecule has 1 aliphatic rings. The number of rotatable bonds is 2. The summed E-state index contributed by atoms with van der Waals surface area (Å²) in [5, 5.41) is 6.15. The second kappa shape index (κ2) is 5.32. The Kier molecular flexibility index (Phi) is 4.33. The Morgan fingerprint density at radius 2 is 2.00 bits per heavy atom. The molecule has 0 radical (unpaired) electrons. The van der Waals surface area contributed by atoms with Crippen LogP contribution in [0.3, 0.4) is 0 Å². The molecule has 2 rings (SSSR count). The second-order valence-corrected chi connectivity index (χ2v) is 4.22. The van der Waals surface area contributed by atoms with Gasteiger partial charge in [-0.2, -0.15) is 0 Å². The van der Waals surface area contributed by atoms with Gasteiger partial charge in [0, 0.05) is 24.7 Å². The zero-order valence-corrected chi connectivity index (χ0v) is 10.4. The highest BCUT2D eigenvalue weighted by atomic mass is 35.5. The predicted octanol–water partition coefficient (Wildman–Crippen LogP) is 1.85. The van der Waals surface area contributed by atoms with Gasteiger partial charge in [0.1, 0.15) is 0 Å². The number of hydrogen-bond donors (Lipinski definition) is 2. The number of fused-ring (bicyclic) bond motifs is 1. The maximum absolute atomic E-state index is 11.7. The van der Waals surface area contributed by atoms with Crippen LogP contribution in [0.2, 0.25) is 0 Å². The largest absolute Gasteiger partial charge is 0.350 e. The van der Waals surface area contributed by atoms with Crippen LogP contribution in [0.15, 0.2) is 18.2 Å². The third kappa shape index (κ3) is 2.74. The van der Waals surface area contributed by atoms with Gasteiger partial charge in [-0.15, -0.1) is 12.4 Å². The molecule has 1 heterocycles. The third-order valence-corrected chi connectivity index (χ3v) is 2.52. The standard InChI is InChI=1S/C12H16N2O.ClH/c1-8(2)14-12(15)9-3-4-10-6-13-7-11(10)5-9;/h3-5,8,13H,6-7H2,1-2H3,(H,14,15);1H. The first-order valence-corrected chi connectivity index (χ1v) is 5.30. The Hall–Kier alpha value is -1.06. The maximum atomic E-state index is 11.7. The van der Waals surface area contributed by atoms with E-state index < -0.39 is 0 Å². The first-order valence-electron chi connectivity index (χ1n) is 5.30. The van der Waals surface area contributed by atoms with E-state index in [1.807, 2.05) is 32.0 Å². The van der Waals surface area contributed by atoms with E-state index in [0.29, 0.717) is 0 Å². The predicted molar refractivity (Wildman–Crippen MR) is 66.8 cm³/mol. The number of carbonyl (C=O) groups is 1. The number of carbonyl (C=O) groups excluding carboxylic acids is 1. The lowest BCUT2D eigenvalue weighted by Crippen LogP contribution is -2.30. The van der Waals surface area contributed by atoms with Crippen LogP contribution in [0, 0.1) is 0 Å². The molecule has 0 spiro atoms. The second-order valence-electron chi connectivity index (χ2n) is 4.22. The van der Waals surface area contributed by atoms with E-state index in [-0.39, 0.29) is 24.4 Å². The molecule has 2 N–H and O–H groups in total. The van der Waals surface area contributed by atoms with Crippen LogP contribution >= 0.6 is 12.4 Å². The molecule has 3 nitrogen and oxygen atoms in total. The summed E-state index contributed by atoms with van der Waals surface area (Å²) in [4.78, 5) is 11.7. The van der Waals surface area contributed by atoms with E-state index in [0.717, 1.165) is 18.7 Å². The van der Waals surface area contributed by atoms with Crippen molar-refractivity contribution in [3.63, 3.8) is 0 Å². The number of benzene rings is 1. The van der Waals surface area contributed by atoms with E-state index in [4.69, 9.17) is 0 Å². The minimum absolute atomic E-state index is 0. The molecule has 0 fully saturated rings. The van der Waals surface area contributed by atoms with Crippen LogP contribution in [0.1, 0.15) is 35.3 Å². The van der Waals surface area contributed by atoms with Crippen molar-refractivity contribution in [1.82, 2.24) is 10.6 Å². The van der Waals surface area contributed by atoms with Crippen molar-refractivity contribution < 1.29 is 4.79 Å². The van der Waals surface area contributed by atoms with Crippen LogP contribution < -0.4 is 10.6 Å². The molecule has 0 unspecified atom stereocenters. The van der Waals surface area contributed by atoms with Crippen molar-refractivity contribution >= 4 is 18.3 Å². The monoisotopic (exact) mass is 240 g/mol. The van der Waals surface area contributed by atoms with Crippen molar-refractivity contribution in [3.05, 3.63) is 34.9 Å². The van der Waals surface area contributed by atoms with Crippen molar-refractivity contribution in [1.29, 1.82) is 0 Å². The summed E-state index contributed by atoms with van der Waals surface area (Å²) < 4.78 is 0. The quantitative estimate of drug-likeness (QED) is 0.829. The van der Waals surface area contributed by atoms with Crippen LogP contribution in [0.5, 0.6) is 0 Å². The van der Waals surface area contributed by atoms with Crippen LogP contribution in [0.4, 0.5) is 0 Å². The normalized spacial score (nSPS) is 13.2. The summed E-state index contributed by atoms with van der Waals surface area (Å²) in [6, 6.07) is 6.09. The molecule has 0 bridgehead atoms. The topological polar surface area (TPSA) is 41.1 Å². The molecule has 1 aromatic carbocycles. The molecular formula is C12H17ClN2O. The molecule has 1 amide bonds. The average Bonchev–Trinajstić information content (AvgIpc) is 2.62. The minimum atomic E-state index is 0. The van der Waals surface area contributed by atoms with Crippen molar-refractivity contribution in [2.75, 3.05) is 0 Å². The van der Waals surface area contributed by atoms with Gasteiger partial charge in [-0.25, -0.2) is 0 Å². The highest BCUT2D eigenvalue weighted by Gasteiger charge is 2.13. The highest BCUT2D eigenvalue weighted by Crippen LogP contribution is 2.16. The molecule has 16 heavy (non-hydrogen) atoms. The molecule has 0 atom stereocenters. The van der Waals surface area contributed by atoms with Gasteiger partial charge in [0.05, 0.1) is 0 Å². The first-order chi connectivity index (χ1) is 7.16. The number of amides is 1. The Balaban J connectivity index is 0.00000128. The Labute approximate surface area is 102 Å². The molecule has 0 saturated heterocycles. The summed E-state index contributed by atoms with van der Waals surface area (Å²) in [6.07, 6.45) is 0. The van der Waals surface area contributed by atoms with Gasteiger partial charge in [0.2, 0.25) is 0 Å². The van der Waals surface area contributed by atoms with Gasteiger partial charge in [-0.05, 0) is 37.1 Å². The van der Waals surface area contributed by atoms with Crippen molar-refractivity contribution in [2.24, 2.45) is 0 Å². The maximum Gasteiger partial charge on any atom is 0.251 e. The minimum Gasteiger partial charge on any atom is -0.350 e. The molecule has 1 aliphatic heterocycles. The van der Waals surface area contributed by atoms with Crippen LogP contribution in [0.25, 0.3) is 0 Å². The zero-order chi connectivity index (χ0) is 10.8. The summed E-state index contributed by atoms with van der Waals surface area (Å²) in [5.74, 6) is 0.0136. The molecule has 0 aromatic heterocycles. The smallest absolute Gasteiger partial charge is 0.251 e. The fourth-order valence-corrected chi connectivity index (χ4v) is 1.78. The van der Waals surface area contributed by atoms with Crippen LogP contribution in [-0.4, -0.2) is 11.9 Å². The van der Waals surface area contributed by atoms with E-state index >= 15 is 0 Å². The average molecular weight is 241 g/mol. The number of halogens is 1. The van der Waals surface area contributed by atoms with Gasteiger partial charge in [0.15, 0.2) is 0 Å². The summed E-state index contributed by atoms with van der Waals surface area (Å²) in [7, 11) is 0. The summed E-state index contributed by atoms with van der Waals surface area (Å²) in [6.45, 7) is 5.72. The lowest BCUT2D eigenvalue weighted by atomic mass is 10.1. The molecule has 1 aromatic rings. The Morgan fingerprint density at radius 3 is 2.69 bits per heavy atom. The first kappa shape index (κ1) is 13.0. The van der Waals surface area contributed by atoms with Crippen molar-refractivity contribution in [3.8, 4) is 0 Å². The SMILES string of the molecule is CC(C)NC(=O)c1ccc2c(c1)CNC2.Cl.